The Morgan fingerprint density at radius 1 is 1.70 bits per heavy atom. The van der Waals surface area contributed by atoms with E-state index in [9.17, 15) is 4.79 Å². The topological polar surface area (TPSA) is 55.1 Å². The molecule has 0 heterocycles. The minimum Gasteiger partial charge on any atom is -0.369 e. The third kappa shape index (κ3) is 7.43. The van der Waals surface area contributed by atoms with Crippen LogP contribution in [0.1, 0.15) is 27.6 Å². The van der Waals surface area contributed by atoms with E-state index in [4.69, 9.17) is 7.10 Å². The fourth-order valence-electron chi connectivity index (χ4n) is 0.581. The van der Waals surface area contributed by atoms with Crippen LogP contribution in [-0.4, -0.2) is 19.0 Å². The molecule has 0 spiro atoms. The zero-order valence-electron chi connectivity index (χ0n) is 7.39. The Bertz CT molecular complexity index is 119. The number of amides is 1. The van der Waals surface area contributed by atoms with Crippen molar-refractivity contribution in [2.45, 2.75) is 26.2 Å². The molecule has 1 atom stereocenters. The van der Waals surface area contributed by atoms with Crippen molar-refractivity contribution in [2.75, 3.05) is 13.1 Å². The van der Waals surface area contributed by atoms with Crippen molar-refractivity contribution in [3.05, 3.63) is 0 Å². The number of hydrogen-bond acceptors (Lipinski definition) is 2. The maximum atomic E-state index is 10.3. The summed E-state index contributed by atoms with van der Waals surface area (Å²) in [4.78, 5) is 10.3. The molecule has 0 bridgehead atoms. The summed E-state index contributed by atoms with van der Waals surface area (Å²) in [6.07, 6.45) is 2.87. The Labute approximate surface area is 63.4 Å². The van der Waals surface area contributed by atoms with E-state index >= 15 is 0 Å². The van der Waals surface area contributed by atoms with Crippen LogP contribution in [0.4, 0.5) is 0 Å². The van der Waals surface area contributed by atoms with Crippen molar-refractivity contribution in [2.24, 2.45) is 5.73 Å². The van der Waals surface area contributed by atoms with Crippen LogP contribution >= 0.6 is 0 Å². The van der Waals surface area contributed by atoms with E-state index in [1.54, 1.807) is 0 Å². The molecule has 0 aromatic rings. The van der Waals surface area contributed by atoms with Crippen molar-refractivity contribution in [3.63, 3.8) is 0 Å². The third-order valence-electron chi connectivity index (χ3n) is 1.12. The third-order valence-corrected chi connectivity index (χ3v) is 1.12. The van der Waals surface area contributed by atoms with Crippen molar-refractivity contribution >= 4 is 5.91 Å². The number of unbranched alkanes of at least 4 members (excludes halogenated alkanes) is 1. The summed E-state index contributed by atoms with van der Waals surface area (Å²) in [6, 6.07) is 0. The van der Waals surface area contributed by atoms with E-state index in [0.717, 1.165) is 19.3 Å². The maximum absolute atomic E-state index is 10.3. The first-order valence-electron chi connectivity index (χ1n) is 4.18. The van der Waals surface area contributed by atoms with Crippen LogP contribution in [0.2, 0.25) is 0 Å². The summed E-state index contributed by atoms with van der Waals surface area (Å²) >= 11 is 0. The minimum atomic E-state index is -0.404. The second-order valence-corrected chi connectivity index (χ2v) is 2.19. The lowest BCUT2D eigenvalue weighted by Crippen LogP contribution is -2.29. The molecule has 0 fully saturated rings. The van der Waals surface area contributed by atoms with E-state index in [2.05, 4.69) is 12.2 Å². The molecule has 0 aromatic carbocycles. The molecule has 60 valence electrons. The molecule has 1 amide bonds. The Kier molecular flexibility index (Phi) is 4.94. The molecule has 3 heteroatoms. The van der Waals surface area contributed by atoms with Crippen molar-refractivity contribution in [3.8, 4) is 0 Å². The van der Waals surface area contributed by atoms with E-state index in [0.29, 0.717) is 0 Å². The molecule has 0 saturated carbocycles. The Morgan fingerprint density at radius 2 is 2.40 bits per heavy atom. The predicted molar refractivity (Wildman–Crippen MR) is 41.6 cm³/mol. The van der Waals surface area contributed by atoms with Crippen molar-refractivity contribution in [1.82, 2.24) is 5.32 Å². The lowest BCUT2D eigenvalue weighted by atomic mass is 10.2. The molecular weight excluding hydrogens is 128 g/mol. The molecule has 0 rings (SSSR count). The highest BCUT2D eigenvalue weighted by molar-refractivity contribution is 5.75. The van der Waals surface area contributed by atoms with Gasteiger partial charge in [-0.05, 0) is 12.9 Å². The Morgan fingerprint density at radius 3 is 2.90 bits per heavy atom. The summed E-state index contributed by atoms with van der Waals surface area (Å²) in [6.45, 7) is 1.83. The number of primary amides is 1. The van der Waals surface area contributed by atoms with Gasteiger partial charge in [0.05, 0.1) is 6.54 Å². The van der Waals surface area contributed by atoms with Crippen LogP contribution in [0.15, 0.2) is 0 Å². The molecule has 0 aliphatic heterocycles. The van der Waals surface area contributed by atoms with Crippen LogP contribution in [0.3, 0.4) is 0 Å². The van der Waals surface area contributed by atoms with Gasteiger partial charge < -0.3 is 11.1 Å². The van der Waals surface area contributed by atoms with Gasteiger partial charge in [-0.1, -0.05) is 19.8 Å². The van der Waals surface area contributed by atoms with Crippen molar-refractivity contribution in [1.29, 1.82) is 0 Å². The second kappa shape index (κ2) is 6.55. The molecule has 0 aliphatic rings. The van der Waals surface area contributed by atoms with E-state index in [1.165, 1.54) is 0 Å². The number of carbonyl (C=O) groups excluding carboxylic acids is 1. The van der Waals surface area contributed by atoms with Gasteiger partial charge >= 0.3 is 0 Å². The number of nitrogens with one attached hydrogen (secondary N) is 1. The first-order chi connectivity index (χ1) is 5.16. The Balaban J connectivity index is 3.22. The van der Waals surface area contributed by atoms with Crippen LogP contribution in [0.5, 0.6) is 0 Å². The van der Waals surface area contributed by atoms with Crippen LogP contribution in [-0.2, 0) is 4.79 Å². The first kappa shape index (κ1) is 7.54. The van der Waals surface area contributed by atoms with Gasteiger partial charge in [-0.3, -0.25) is 4.79 Å². The average Bonchev–Trinajstić information content (AvgIpc) is 1.97. The lowest BCUT2D eigenvalue weighted by Gasteiger charge is -1.99. The van der Waals surface area contributed by atoms with Crippen LogP contribution in [0, 0.1) is 0 Å². The Hall–Kier alpha value is -0.570. The highest BCUT2D eigenvalue weighted by atomic mass is 16.1. The standard InChI is InChI=1S/C7H16N2O/c1-2-3-4-5-9-6-7(8)10/h9H,2-6H2,1H3,(H2,8,10)/i5D. The van der Waals surface area contributed by atoms with Gasteiger partial charge in [0.2, 0.25) is 5.91 Å². The summed E-state index contributed by atoms with van der Waals surface area (Å²) < 4.78 is 7.35. The quantitative estimate of drug-likeness (QED) is 0.563. The molecule has 3 N–H and O–H groups in total. The fourth-order valence-corrected chi connectivity index (χ4v) is 0.581. The summed E-state index contributed by atoms with van der Waals surface area (Å²) in [5.74, 6) is -0.404. The SMILES string of the molecule is [2H]C(CCCC)NCC(N)=O. The number of hydrogen-bond donors (Lipinski definition) is 2. The molecule has 0 aliphatic carbocycles. The minimum absolute atomic E-state index is 0.109. The number of rotatable bonds is 6. The van der Waals surface area contributed by atoms with Gasteiger partial charge in [0.1, 0.15) is 0 Å². The van der Waals surface area contributed by atoms with Gasteiger partial charge in [0, 0.05) is 1.37 Å². The smallest absolute Gasteiger partial charge is 0.231 e. The zero-order chi connectivity index (χ0) is 8.69. The highest BCUT2D eigenvalue weighted by Gasteiger charge is 1.90. The van der Waals surface area contributed by atoms with Crippen LogP contribution in [0.25, 0.3) is 0 Å². The van der Waals surface area contributed by atoms with Gasteiger partial charge in [0.25, 0.3) is 0 Å². The maximum Gasteiger partial charge on any atom is 0.231 e. The summed E-state index contributed by atoms with van der Waals surface area (Å²) in [7, 11) is 0. The molecule has 3 nitrogen and oxygen atoms in total. The highest BCUT2D eigenvalue weighted by Crippen LogP contribution is 1.90. The van der Waals surface area contributed by atoms with E-state index < -0.39 is 5.91 Å². The van der Waals surface area contributed by atoms with Crippen LogP contribution < -0.4 is 11.1 Å². The predicted octanol–water partition coefficient (Wildman–Crippen LogP) is 0.252. The molecule has 0 saturated heterocycles. The number of carbonyl (C=O) groups is 1. The number of nitrogens with two attached hydrogens (primary N) is 1. The van der Waals surface area contributed by atoms with E-state index in [1.807, 2.05) is 0 Å². The normalized spacial score (nSPS) is 14.3. The monoisotopic (exact) mass is 145 g/mol. The van der Waals surface area contributed by atoms with Gasteiger partial charge in [-0.25, -0.2) is 0 Å². The van der Waals surface area contributed by atoms with E-state index in [-0.39, 0.29) is 13.1 Å². The van der Waals surface area contributed by atoms with Gasteiger partial charge in [0.15, 0.2) is 0 Å². The van der Waals surface area contributed by atoms with Gasteiger partial charge in [-0.2, -0.15) is 0 Å². The first-order valence-corrected chi connectivity index (χ1v) is 3.60. The average molecular weight is 145 g/mol. The van der Waals surface area contributed by atoms with Gasteiger partial charge in [-0.15, -0.1) is 0 Å². The fraction of sp³-hybridized carbons (Fsp3) is 0.857. The second-order valence-electron chi connectivity index (χ2n) is 2.19. The van der Waals surface area contributed by atoms with Crippen molar-refractivity contribution < 1.29 is 6.17 Å². The molecular formula is C7H16N2O. The molecule has 1 unspecified atom stereocenters. The summed E-state index contributed by atoms with van der Waals surface area (Å²) in [5.41, 5.74) is 4.88. The molecule has 10 heavy (non-hydrogen) atoms. The summed E-state index contributed by atoms with van der Waals surface area (Å²) in [5, 5.41) is 2.71. The molecule has 0 radical (unpaired) electrons. The lowest BCUT2D eigenvalue weighted by molar-refractivity contribution is -0.117. The zero-order valence-corrected chi connectivity index (χ0v) is 6.39. The largest absolute Gasteiger partial charge is 0.369 e. The molecule has 0 aromatic heterocycles.